The molecular formula is C23H29N3O7S. The molecule has 0 saturated heterocycles. The average molecular weight is 492 g/mol. The van der Waals surface area contributed by atoms with Crippen molar-refractivity contribution in [2.24, 2.45) is 0 Å². The number of nitrogens with one attached hydrogen (secondary N) is 2. The Morgan fingerprint density at radius 1 is 0.941 bits per heavy atom. The van der Waals surface area contributed by atoms with E-state index in [2.05, 4.69) is 10.3 Å². The number of pyridine rings is 1. The van der Waals surface area contributed by atoms with Crippen LogP contribution >= 0.6 is 0 Å². The summed E-state index contributed by atoms with van der Waals surface area (Å²) in [4.78, 5) is 40.3. The van der Waals surface area contributed by atoms with Gasteiger partial charge in [-0.2, -0.15) is 0 Å². The van der Waals surface area contributed by atoms with Crippen molar-refractivity contribution in [3.8, 4) is 0 Å². The Bertz CT molecular complexity index is 1080. The lowest BCUT2D eigenvalue weighted by Crippen LogP contribution is -2.31. The molecule has 0 aliphatic heterocycles. The number of carbonyl (C=O) groups is 3. The Hall–Kier alpha value is -3.31. The molecule has 184 valence electrons. The van der Waals surface area contributed by atoms with E-state index in [0.717, 1.165) is 6.20 Å². The fourth-order valence-corrected chi connectivity index (χ4v) is 3.80. The van der Waals surface area contributed by atoms with Gasteiger partial charge in [-0.05, 0) is 56.2 Å². The van der Waals surface area contributed by atoms with Crippen LogP contribution in [0.1, 0.15) is 64.8 Å². The Labute approximate surface area is 199 Å². The zero-order valence-corrected chi connectivity index (χ0v) is 20.2. The number of carbonyl (C=O) groups excluding carboxylic acids is 3. The normalized spacial score (nSPS) is 11.2. The van der Waals surface area contributed by atoms with Crippen LogP contribution in [0.15, 0.2) is 47.5 Å². The van der Waals surface area contributed by atoms with Gasteiger partial charge in [0.25, 0.3) is 21.8 Å². The maximum absolute atomic E-state index is 12.6. The lowest BCUT2D eigenvalue weighted by Gasteiger charge is -2.13. The highest BCUT2D eigenvalue weighted by Crippen LogP contribution is 2.12. The van der Waals surface area contributed by atoms with Crippen molar-refractivity contribution >= 4 is 27.8 Å². The number of ether oxygens (including phenoxy) is 2. The lowest BCUT2D eigenvalue weighted by atomic mass is 10.2. The highest BCUT2D eigenvalue weighted by Gasteiger charge is 2.21. The molecule has 2 amide bonds. The van der Waals surface area contributed by atoms with Gasteiger partial charge >= 0.3 is 5.97 Å². The Balaban J connectivity index is 2.01. The molecule has 1 aromatic carbocycles. The standard InChI is InChI=1S/C23H29N3O7S/c1-4-18(5-2)33-23(29)20-12-9-17(15-25-20)22(28)26-34(30,31)19-10-7-16(8-11-19)21(27)24-13-14-32-6-3/h7-12,15,18H,4-6,13-14H2,1-3H3,(H,24,27)(H,26,28). The summed E-state index contributed by atoms with van der Waals surface area (Å²) in [6, 6.07) is 7.72. The number of benzene rings is 1. The van der Waals surface area contributed by atoms with E-state index in [1.165, 1.54) is 36.4 Å². The van der Waals surface area contributed by atoms with Gasteiger partial charge in [0.15, 0.2) is 0 Å². The highest BCUT2D eigenvalue weighted by molar-refractivity contribution is 7.90. The molecule has 0 unspecified atom stereocenters. The molecule has 0 aliphatic rings. The van der Waals surface area contributed by atoms with E-state index < -0.39 is 21.9 Å². The number of amides is 2. The van der Waals surface area contributed by atoms with E-state index in [4.69, 9.17) is 9.47 Å². The number of hydrogen-bond donors (Lipinski definition) is 2. The second-order valence-electron chi connectivity index (χ2n) is 7.19. The predicted octanol–water partition coefficient (Wildman–Crippen LogP) is 2.31. The van der Waals surface area contributed by atoms with Crippen molar-refractivity contribution in [2.75, 3.05) is 19.8 Å². The topological polar surface area (TPSA) is 141 Å². The zero-order valence-electron chi connectivity index (χ0n) is 19.4. The summed E-state index contributed by atoms with van der Waals surface area (Å²) in [6.07, 6.45) is 2.21. The summed E-state index contributed by atoms with van der Waals surface area (Å²) in [7, 11) is -4.19. The van der Waals surface area contributed by atoms with Gasteiger partial charge in [-0.25, -0.2) is 22.9 Å². The molecule has 0 saturated carbocycles. The summed E-state index contributed by atoms with van der Waals surface area (Å²) in [6.45, 7) is 6.88. The van der Waals surface area contributed by atoms with E-state index in [-0.39, 0.29) is 33.7 Å². The van der Waals surface area contributed by atoms with Crippen LogP contribution in [-0.2, 0) is 19.5 Å². The quantitative estimate of drug-likeness (QED) is 0.340. The molecule has 0 radical (unpaired) electrons. The number of rotatable bonds is 12. The number of aromatic nitrogens is 1. The first-order valence-electron chi connectivity index (χ1n) is 10.9. The molecule has 0 bridgehead atoms. The fraction of sp³-hybridized carbons (Fsp3) is 0.391. The van der Waals surface area contributed by atoms with Crippen LogP contribution in [0.4, 0.5) is 0 Å². The van der Waals surface area contributed by atoms with Gasteiger partial charge in [0.05, 0.1) is 17.1 Å². The molecule has 0 spiro atoms. The number of esters is 1. The second-order valence-corrected chi connectivity index (χ2v) is 8.87. The summed E-state index contributed by atoms with van der Waals surface area (Å²) in [5, 5.41) is 2.65. The first-order chi connectivity index (χ1) is 16.2. The summed E-state index contributed by atoms with van der Waals surface area (Å²) in [5.74, 6) is -1.90. The third kappa shape index (κ3) is 7.63. The number of sulfonamides is 1. The molecule has 1 heterocycles. The van der Waals surface area contributed by atoms with Crippen LogP contribution in [-0.4, -0.2) is 57.0 Å². The van der Waals surface area contributed by atoms with Crippen molar-refractivity contribution in [3.05, 3.63) is 59.4 Å². The number of hydrogen-bond acceptors (Lipinski definition) is 8. The minimum atomic E-state index is -4.19. The molecule has 10 nitrogen and oxygen atoms in total. The summed E-state index contributed by atoms with van der Waals surface area (Å²) < 4.78 is 37.5. The first-order valence-corrected chi connectivity index (χ1v) is 12.4. The molecule has 34 heavy (non-hydrogen) atoms. The minimum Gasteiger partial charge on any atom is -0.458 e. The lowest BCUT2D eigenvalue weighted by molar-refractivity contribution is 0.0277. The molecule has 0 aliphatic carbocycles. The van der Waals surface area contributed by atoms with Gasteiger partial charge in [0, 0.05) is 24.9 Å². The Morgan fingerprint density at radius 2 is 1.59 bits per heavy atom. The van der Waals surface area contributed by atoms with E-state index in [1.54, 1.807) is 0 Å². The molecule has 0 atom stereocenters. The second kappa shape index (κ2) is 12.8. The molecule has 2 rings (SSSR count). The Morgan fingerprint density at radius 3 is 2.15 bits per heavy atom. The van der Waals surface area contributed by atoms with Gasteiger partial charge in [0.1, 0.15) is 11.8 Å². The average Bonchev–Trinajstić information content (AvgIpc) is 2.84. The van der Waals surface area contributed by atoms with Crippen LogP contribution in [0, 0.1) is 0 Å². The molecule has 11 heteroatoms. The van der Waals surface area contributed by atoms with Crippen LogP contribution in [0.3, 0.4) is 0 Å². The SMILES string of the molecule is CCOCCNC(=O)c1ccc(S(=O)(=O)NC(=O)c2ccc(C(=O)OC(CC)CC)nc2)cc1. The molecule has 2 N–H and O–H groups in total. The van der Waals surface area contributed by atoms with E-state index >= 15 is 0 Å². The van der Waals surface area contributed by atoms with E-state index in [1.807, 2.05) is 25.5 Å². The predicted molar refractivity (Wildman–Crippen MR) is 124 cm³/mol. The van der Waals surface area contributed by atoms with Crippen LogP contribution in [0.25, 0.3) is 0 Å². The summed E-state index contributed by atoms with van der Waals surface area (Å²) in [5.41, 5.74) is 0.233. The van der Waals surface area contributed by atoms with Crippen molar-refractivity contribution in [2.45, 2.75) is 44.6 Å². The van der Waals surface area contributed by atoms with Crippen LogP contribution < -0.4 is 10.0 Å². The molecular weight excluding hydrogens is 462 g/mol. The van der Waals surface area contributed by atoms with Gasteiger partial charge in [-0.3, -0.25) is 9.59 Å². The fourth-order valence-electron chi connectivity index (χ4n) is 2.82. The highest BCUT2D eigenvalue weighted by atomic mass is 32.2. The molecule has 0 fully saturated rings. The Kier molecular flexibility index (Phi) is 10.1. The minimum absolute atomic E-state index is 0.0152. The van der Waals surface area contributed by atoms with Crippen molar-refractivity contribution in [3.63, 3.8) is 0 Å². The van der Waals surface area contributed by atoms with E-state index in [0.29, 0.717) is 32.6 Å². The molecule has 2 aromatic rings. The zero-order chi connectivity index (χ0) is 25.1. The van der Waals surface area contributed by atoms with Gasteiger partial charge in [0.2, 0.25) is 0 Å². The third-order valence-corrected chi connectivity index (χ3v) is 6.16. The molecule has 1 aromatic heterocycles. The monoisotopic (exact) mass is 491 g/mol. The first kappa shape index (κ1) is 26.9. The van der Waals surface area contributed by atoms with Crippen LogP contribution in [0.2, 0.25) is 0 Å². The van der Waals surface area contributed by atoms with Crippen LogP contribution in [0.5, 0.6) is 0 Å². The maximum atomic E-state index is 12.6. The van der Waals surface area contributed by atoms with Gasteiger partial charge in [-0.15, -0.1) is 0 Å². The van der Waals surface area contributed by atoms with Gasteiger partial charge < -0.3 is 14.8 Å². The smallest absolute Gasteiger partial charge is 0.357 e. The van der Waals surface area contributed by atoms with Crippen molar-refractivity contribution in [1.82, 2.24) is 15.0 Å². The third-order valence-electron chi connectivity index (χ3n) is 4.81. The maximum Gasteiger partial charge on any atom is 0.357 e. The van der Waals surface area contributed by atoms with Crippen molar-refractivity contribution < 1.29 is 32.3 Å². The largest absolute Gasteiger partial charge is 0.458 e. The summed E-state index contributed by atoms with van der Waals surface area (Å²) >= 11 is 0. The van der Waals surface area contributed by atoms with Gasteiger partial charge in [-0.1, -0.05) is 13.8 Å². The number of nitrogens with zero attached hydrogens (tertiary/aromatic N) is 1. The van der Waals surface area contributed by atoms with Crippen molar-refractivity contribution in [1.29, 1.82) is 0 Å². The van der Waals surface area contributed by atoms with E-state index in [9.17, 15) is 22.8 Å².